The Hall–Kier alpha value is -1.68. The zero-order valence-corrected chi connectivity index (χ0v) is 12.1. The van der Waals surface area contributed by atoms with Crippen LogP contribution in [0.15, 0.2) is 24.4 Å². The Bertz CT molecular complexity index is 557. The predicted octanol–water partition coefficient (Wildman–Crippen LogP) is 2.82. The van der Waals surface area contributed by atoms with Gasteiger partial charge in [-0.15, -0.1) is 10.2 Å². The molecule has 0 fully saturated rings. The zero-order valence-electron chi connectivity index (χ0n) is 11.4. The minimum Gasteiger partial charge on any atom is -0.358 e. The van der Waals surface area contributed by atoms with Crippen molar-refractivity contribution in [3.63, 3.8) is 0 Å². The van der Waals surface area contributed by atoms with Crippen molar-refractivity contribution in [2.75, 3.05) is 18.5 Å². The predicted molar refractivity (Wildman–Crippen MR) is 77.7 cm³/mol. The maximum atomic E-state index is 5.96. The van der Waals surface area contributed by atoms with Crippen LogP contribution in [0.5, 0.6) is 0 Å². The van der Waals surface area contributed by atoms with E-state index in [1.54, 1.807) is 0 Å². The second-order valence-electron chi connectivity index (χ2n) is 4.56. The van der Waals surface area contributed by atoms with Crippen LogP contribution in [0.4, 0.5) is 5.82 Å². The molecule has 0 saturated carbocycles. The Labute approximate surface area is 118 Å². The third kappa shape index (κ3) is 3.20. The van der Waals surface area contributed by atoms with Gasteiger partial charge in [0, 0.05) is 31.9 Å². The van der Waals surface area contributed by atoms with Gasteiger partial charge in [0.2, 0.25) is 0 Å². The van der Waals surface area contributed by atoms with Crippen LogP contribution >= 0.6 is 11.6 Å². The van der Waals surface area contributed by atoms with E-state index in [2.05, 4.69) is 20.1 Å². The summed E-state index contributed by atoms with van der Waals surface area (Å²) in [5.74, 6) is 0.873. The lowest BCUT2D eigenvalue weighted by molar-refractivity contribution is 0.815. The second kappa shape index (κ2) is 5.97. The second-order valence-corrected chi connectivity index (χ2v) is 4.92. The standard InChI is InChI=1S/C14H17ClN4/c1-10-11(2)14(18-17-13(10)15)19(3)9-7-12-6-4-5-8-16-12/h4-6,8H,7,9H2,1-3H3. The largest absolute Gasteiger partial charge is 0.358 e. The van der Waals surface area contributed by atoms with E-state index in [9.17, 15) is 0 Å². The molecule has 2 rings (SSSR count). The number of likely N-dealkylation sites (N-methyl/N-ethyl adjacent to an activating group) is 1. The summed E-state index contributed by atoms with van der Waals surface area (Å²) in [5.41, 5.74) is 3.13. The van der Waals surface area contributed by atoms with E-state index >= 15 is 0 Å². The number of nitrogens with zero attached hydrogens (tertiary/aromatic N) is 4. The van der Waals surface area contributed by atoms with Gasteiger partial charge in [-0.2, -0.15) is 0 Å². The van der Waals surface area contributed by atoms with Crippen LogP contribution in [0, 0.1) is 13.8 Å². The summed E-state index contributed by atoms with van der Waals surface area (Å²) in [6, 6.07) is 5.95. The number of hydrogen-bond acceptors (Lipinski definition) is 4. The maximum Gasteiger partial charge on any atom is 0.155 e. The molecule has 0 aliphatic carbocycles. The molecule has 19 heavy (non-hydrogen) atoms. The molecule has 0 N–H and O–H groups in total. The van der Waals surface area contributed by atoms with Gasteiger partial charge in [0.15, 0.2) is 11.0 Å². The maximum absolute atomic E-state index is 5.96. The van der Waals surface area contributed by atoms with Gasteiger partial charge >= 0.3 is 0 Å². The van der Waals surface area contributed by atoms with Gasteiger partial charge in [-0.3, -0.25) is 4.98 Å². The topological polar surface area (TPSA) is 41.9 Å². The minimum absolute atomic E-state index is 0.472. The molecule has 0 atom stereocenters. The average Bonchev–Trinajstić information content (AvgIpc) is 2.43. The molecule has 5 heteroatoms. The molecule has 0 aliphatic rings. The molecule has 0 aliphatic heterocycles. The number of halogens is 1. The Morgan fingerprint density at radius 2 is 1.95 bits per heavy atom. The Morgan fingerprint density at radius 3 is 2.63 bits per heavy atom. The van der Waals surface area contributed by atoms with Crippen LogP contribution in [0.3, 0.4) is 0 Å². The average molecular weight is 277 g/mol. The first-order chi connectivity index (χ1) is 9.09. The highest BCUT2D eigenvalue weighted by molar-refractivity contribution is 6.30. The van der Waals surface area contributed by atoms with Gasteiger partial charge in [0.25, 0.3) is 0 Å². The van der Waals surface area contributed by atoms with Crippen LogP contribution in [0.25, 0.3) is 0 Å². The number of aromatic nitrogens is 3. The monoisotopic (exact) mass is 276 g/mol. The molecule has 2 aromatic rings. The SMILES string of the molecule is Cc1c(Cl)nnc(N(C)CCc2ccccn2)c1C. The van der Waals surface area contributed by atoms with Crippen LogP contribution in [0.1, 0.15) is 16.8 Å². The molecule has 0 radical (unpaired) electrons. The molecule has 0 aromatic carbocycles. The van der Waals surface area contributed by atoms with Gasteiger partial charge in [-0.25, -0.2) is 0 Å². The van der Waals surface area contributed by atoms with E-state index in [4.69, 9.17) is 11.6 Å². The molecule has 4 nitrogen and oxygen atoms in total. The molecule has 100 valence electrons. The first-order valence-corrected chi connectivity index (χ1v) is 6.58. The highest BCUT2D eigenvalue weighted by atomic mass is 35.5. The van der Waals surface area contributed by atoms with Crippen LogP contribution in [0.2, 0.25) is 5.15 Å². The van der Waals surface area contributed by atoms with Crippen molar-refractivity contribution in [2.45, 2.75) is 20.3 Å². The Kier molecular flexibility index (Phi) is 4.32. The van der Waals surface area contributed by atoms with Crippen molar-refractivity contribution < 1.29 is 0 Å². The third-order valence-electron chi connectivity index (χ3n) is 3.23. The number of pyridine rings is 1. The highest BCUT2D eigenvalue weighted by Gasteiger charge is 2.12. The van der Waals surface area contributed by atoms with Gasteiger partial charge in [-0.1, -0.05) is 17.7 Å². The summed E-state index contributed by atoms with van der Waals surface area (Å²) < 4.78 is 0. The highest BCUT2D eigenvalue weighted by Crippen LogP contribution is 2.22. The molecular formula is C14H17ClN4. The lowest BCUT2D eigenvalue weighted by atomic mass is 10.2. The number of hydrogen-bond donors (Lipinski definition) is 0. The quantitative estimate of drug-likeness (QED) is 0.861. The molecule has 0 spiro atoms. The van der Waals surface area contributed by atoms with Crippen LogP contribution in [-0.4, -0.2) is 28.8 Å². The fraction of sp³-hybridized carbons (Fsp3) is 0.357. The molecule has 2 aromatic heterocycles. The van der Waals surface area contributed by atoms with Crippen LogP contribution in [-0.2, 0) is 6.42 Å². The van der Waals surface area contributed by atoms with Crippen LogP contribution < -0.4 is 4.90 Å². The molecule has 0 bridgehead atoms. The van der Waals surface area contributed by atoms with Crippen molar-refractivity contribution >= 4 is 17.4 Å². The van der Waals surface area contributed by atoms with E-state index in [-0.39, 0.29) is 0 Å². The number of anilines is 1. The summed E-state index contributed by atoms with van der Waals surface area (Å²) in [4.78, 5) is 6.40. The fourth-order valence-electron chi connectivity index (χ4n) is 1.86. The summed E-state index contributed by atoms with van der Waals surface area (Å²) in [7, 11) is 2.01. The van der Waals surface area contributed by atoms with Gasteiger partial charge in [0.1, 0.15) is 0 Å². The summed E-state index contributed by atoms with van der Waals surface area (Å²) >= 11 is 5.96. The van der Waals surface area contributed by atoms with E-state index in [1.165, 1.54) is 0 Å². The first kappa shape index (κ1) is 13.7. The summed E-state index contributed by atoms with van der Waals surface area (Å²) in [6.07, 6.45) is 2.69. The molecule has 0 unspecified atom stereocenters. The summed E-state index contributed by atoms with van der Waals surface area (Å²) in [6.45, 7) is 4.82. The van der Waals surface area contributed by atoms with E-state index in [0.29, 0.717) is 5.15 Å². The summed E-state index contributed by atoms with van der Waals surface area (Å²) in [5, 5.41) is 8.62. The van der Waals surface area contributed by atoms with E-state index in [0.717, 1.165) is 35.6 Å². The lowest BCUT2D eigenvalue weighted by Gasteiger charge is -2.20. The fourth-order valence-corrected chi connectivity index (χ4v) is 2.04. The third-order valence-corrected chi connectivity index (χ3v) is 3.59. The normalized spacial score (nSPS) is 10.5. The van der Waals surface area contributed by atoms with Crippen molar-refractivity contribution in [1.29, 1.82) is 0 Å². The molecular weight excluding hydrogens is 260 g/mol. The molecule has 2 heterocycles. The van der Waals surface area contributed by atoms with Crippen molar-refractivity contribution in [3.05, 3.63) is 46.4 Å². The van der Waals surface area contributed by atoms with Crippen molar-refractivity contribution in [3.8, 4) is 0 Å². The molecule has 0 amide bonds. The van der Waals surface area contributed by atoms with E-state index in [1.807, 2.05) is 45.3 Å². The van der Waals surface area contributed by atoms with Crippen molar-refractivity contribution in [1.82, 2.24) is 15.2 Å². The Morgan fingerprint density at radius 1 is 1.16 bits per heavy atom. The van der Waals surface area contributed by atoms with Crippen molar-refractivity contribution in [2.24, 2.45) is 0 Å². The Balaban J connectivity index is 2.08. The molecule has 0 saturated heterocycles. The lowest BCUT2D eigenvalue weighted by Crippen LogP contribution is -2.23. The van der Waals surface area contributed by atoms with Gasteiger partial charge in [-0.05, 0) is 37.1 Å². The van der Waals surface area contributed by atoms with Gasteiger partial charge in [0.05, 0.1) is 0 Å². The zero-order chi connectivity index (χ0) is 13.8. The first-order valence-electron chi connectivity index (χ1n) is 6.20. The van der Waals surface area contributed by atoms with Gasteiger partial charge < -0.3 is 4.90 Å². The number of rotatable bonds is 4. The minimum atomic E-state index is 0.472. The smallest absolute Gasteiger partial charge is 0.155 e. The van der Waals surface area contributed by atoms with E-state index < -0.39 is 0 Å².